The van der Waals surface area contributed by atoms with Crippen molar-refractivity contribution in [3.63, 3.8) is 0 Å². The zero-order valence-corrected chi connectivity index (χ0v) is 8.54. The second-order valence-electron chi connectivity index (χ2n) is 2.76. The van der Waals surface area contributed by atoms with Gasteiger partial charge < -0.3 is 0 Å². The Morgan fingerprint density at radius 2 is 2.33 bits per heavy atom. The first-order valence-corrected chi connectivity index (χ1v) is 4.86. The number of nitrogens with zero attached hydrogens (tertiary/aromatic N) is 2. The van der Waals surface area contributed by atoms with Crippen molar-refractivity contribution in [2.45, 2.75) is 26.2 Å². The lowest BCUT2D eigenvalue weighted by molar-refractivity contribution is 0.844. The standard InChI is InChI=1S/C8H9ClN2S/c1-5(2)8-11-6(3-4-10)7(9)12-8/h5H,3H2,1-2H3. The van der Waals surface area contributed by atoms with Crippen molar-refractivity contribution in [3.8, 4) is 6.07 Å². The molecular weight excluding hydrogens is 192 g/mol. The molecule has 0 atom stereocenters. The smallest absolute Gasteiger partial charge is 0.117 e. The molecule has 0 saturated heterocycles. The minimum Gasteiger partial charge on any atom is -0.243 e. The molecule has 12 heavy (non-hydrogen) atoms. The van der Waals surface area contributed by atoms with Gasteiger partial charge in [-0.3, -0.25) is 0 Å². The van der Waals surface area contributed by atoms with Crippen LogP contribution in [0, 0.1) is 11.3 Å². The van der Waals surface area contributed by atoms with E-state index in [1.54, 1.807) is 0 Å². The molecule has 0 aliphatic heterocycles. The van der Waals surface area contributed by atoms with Gasteiger partial charge in [0.1, 0.15) is 4.34 Å². The van der Waals surface area contributed by atoms with Gasteiger partial charge in [-0.1, -0.05) is 25.4 Å². The van der Waals surface area contributed by atoms with Gasteiger partial charge in [0.15, 0.2) is 0 Å². The lowest BCUT2D eigenvalue weighted by Crippen LogP contribution is -1.87. The minimum atomic E-state index is 0.308. The fraction of sp³-hybridized carbons (Fsp3) is 0.500. The lowest BCUT2D eigenvalue weighted by Gasteiger charge is -1.94. The highest BCUT2D eigenvalue weighted by atomic mass is 35.5. The van der Waals surface area contributed by atoms with Crippen LogP contribution >= 0.6 is 22.9 Å². The van der Waals surface area contributed by atoms with Crippen LogP contribution in [0.4, 0.5) is 0 Å². The Kier molecular flexibility index (Phi) is 3.07. The fourth-order valence-corrected chi connectivity index (χ4v) is 1.94. The predicted molar refractivity (Wildman–Crippen MR) is 50.5 cm³/mol. The Labute approximate surface area is 80.8 Å². The van der Waals surface area contributed by atoms with Crippen LogP contribution in [0.15, 0.2) is 0 Å². The maximum atomic E-state index is 8.45. The molecule has 0 saturated carbocycles. The maximum Gasteiger partial charge on any atom is 0.117 e. The molecule has 1 aromatic heterocycles. The van der Waals surface area contributed by atoms with Crippen LogP contribution in [0.3, 0.4) is 0 Å². The van der Waals surface area contributed by atoms with Crippen molar-refractivity contribution in [2.24, 2.45) is 0 Å². The molecular formula is C8H9ClN2S. The van der Waals surface area contributed by atoms with Gasteiger partial charge in [0.05, 0.1) is 23.2 Å². The van der Waals surface area contributed by atoms with Crippen LogP contribution in [-0.2, 0) is 6.42 Å². The predicted octanol–water partition coefficient (Wildman–Crippen LogP) is 2.99. The second-order valence-corrected chi connectivity index (χ2v) is 4.39. The molecule has 0 N–H and O–H groups in total. The van der Waals surface area contributed by atoms with Gasteiger partial charge in [-0.2, -0.15) is 5.26 Å². The number of thiazole rings is 1. The largest absolute Gasteiger partial charge is 0.243 e. The van der Waals surface area contributed by atoms with E-state index < -0.39 is 0 Å². The summed E-state index contributed by atoms with van der Waals surface area (Å²) in [5.41, 5.74) is 0.716. The van der Waals surface area contributed by atoms with Gasteiger partial charge >= 0.3 is 0 Å². The Bertz CT molecular complexity index is 311. The van der Waals surface area contributed by atoms with Crippen LogP contribution in [0.2, 0.25) is 4.34 Å². The summed E-state index contributed by atoms with van der Waals surface area (Å²) in [4.78, 5) is 4.26. The molecule has 0 bridgehead atoms. The molecule has 0 aromatic carbocycles. The third-order valence-electron chi connectivity index (χ3n) is 1.41. The number of hydrogen-bond donors (Lipinski definition) is 0. The van der Waals surface area contributed by atoms with E-state index in [1.165, 1.54) is 11.3 Å². The molecule has 64 valence electrons. The Morgan fingerprint density at radius 3 is 2.75 bits per heavy atom. The molecule has 0 amide bonds. The van der Waals surface area contributed by atoms with Crippen LogP contribution in [0.5, 0.6) is 0 Å². The van der Waals surface area contributed by atoms with Gasteiger partial charge in [0, 0.05) is 5.92 Å². The minimum absolute atomic E-state index is 0.308. The SMILES string of the molecule is CC(C)c1nc(CC#N)c(Cl)s1. The number of hydrogen-bond acceptors (Lipinski definition) is 3. The Morgan fingerprint density at radius 1 is 1.67 bits per heavy atom. The molecule has 2 nitrogen and oxygen atoms in total. The quantitative estimate of drug-likeness (QED) is 0.736. The fourth-order valence-electron chi connectivity index (χ4n) is 0.781. The highest BCUT2D eigenvalue weighted by molar-refractivity contribution is 7.16. The third kappa shape index (κ3) is 1.96. The summed E-state index contributed by atoms with van der Waals surface area (Å²) in [6.07, 6.45) is 0.308. The van der Waals surface area contributed by atoms with E-state index in [4.69, 9.17) is 16.9 Å². The highest BCUT2D eigenvalue weighted by Gasteiger charge is 2.10. The van der Waals surface area contributed by atoms with Crippen molar-refractivity contribution >= 4 is 22.9 Å². The zero-order valence-electron chi connectivity index (χ0n) is 6.97. The van der Waals surface area contributed by atoms with Crippen molar-refractivity contribution in [1.29, 1.82) is 5.26 Å². The molecule has 1 heterocycles. The van der Waals surface area contributed by atoms with Crippen LogP contribution in [-0.4, -0.2) is 4.98 Å². The van der Waals surface area contributed by atoms with Crippen molar-refractivity contribution in [3.05, 3.63) is 15.0 Å². The van der Waals surface area contributed by atoms with E-state index >= 15 is 0 Å². The molecule has 0 unspecified atom stereocenters. The number of halogens is 1. The average Bonchev–Trinajstić information content (AvgIpc) is 2.34. The summed E-state index contributed by atoms with van der Waals surface area (Å²) in [7, 11) is 0. The topological polar surface area (TPSA) is 36.7 Å². The van der Waals surface area contributed by atoms with E-state index in [2.05, 4.69) is 18.8 Å². The summed E-state index contributed by atoms with van der Waals surface area (Å²) in [6, 6.07) is 2.04. The van der Waals surface area contributed by atoms with Crippen LogP contribution in [0.25, 0.3) is 0 Å². The molecule has 1 aromatic rings. The van der Waals surface area contributed by atoms with Crippen molar-refractivity contribution in [1.82, 2.24) is 4.98 Å². The lowest BCUT2D eigenvalue weighted by atomic mass is 10.2. The van der Waals surface area contributed by atoms with Crippen LogP contribution in [0.1, 0.15) is 30.5 Å². The summed E-state index contributed by atoms with van der Waals surface area (Å²) < 4.78 is 0.653. The Hall–Kier alpha value is -0.590. The van der Waals surface area contributed by atoms with Gasteiger partial charge in [0.2, 0.25) is 0 Å². The van der Waals surface area contributed by atoms with Gasteiger partial charge in [-0.15, -0.1) is 11.3 Å². The first-order valence-electron chi connectivity index (χ1n) is 3.67. The Balaban J connectivity index is 2.94. The number of nitriles is 1. The molecule has 0 spiro atoms. The molecule has 0 aliphatic carbocycles. The average molecular weight is 201 g/mol. The molecule has 0 fully saturated rings. The monoisotopic (exact) mass is 200 g/mol. The second kappa shape index (κ2) is 3.88. The first kappa shape index (κ1) is 9.50. The van der Waals surface area contributed by atoms with E-state index in [9.17, 15) is 0 Å². The van der Waals surface area contributed by atoms with Crippen molar-refractivity contribution in [2.75, 3.05) is 0 Å². The first-order chi connectivity index (χ1) is 5.65. The summed E-state index contributed by atoms with van der Waals surface area (Å²) in [5.74, 6) is 0.389. The van der Waals surface area contributed by atoms with E-state index in [0.29, 0.717) is 22.4 Å². The van der Waals surface area contributed by atoms with Crippen molar-refractivity contribution < 1.29 is 0 Å². The van der Waals surface area contributed by atoms with Gasteiger partial charge in [-0.25, -0.2) is 4.98 Å². The summed E-state index contributed by atoms with van der Waals surface area (Å²) >= 11 is 7.34. The molecule has 4 heteroatoms. The van der Waals surface area contributed by atoms with Gasteiger partial charge in [0.25, 0.3) is 0 Å². The zero-order chi connectivity index (χ0) is 9.14. The summed E-state index contributed by atoms with van der Waals surface area (Å²) in [6.45, 7) is 4.12. The third-order valence-corrected chi connectivity index (χ3v) is 3.04. The maximum absolute atomic E-state index is 8.45. The number of aromatic nitrogens is 1. The van der Waals surface area contributed by atoms with Gasteiger partial charge in [-0.05, 0) is 0 Å². The molecule has 0 radical (unpaired) electrons. The summed E-state index contributed by atoms with van der Waals surface area (Å²) in [5, 5.41) is 9.45. The molecule has 1 rings (SSSR count). The highest BCUT2D eigenvalue weighted by Crippen LogP contribution is 2.28. The van der Waals surface area contributed by atoms with Crippen LogP contribution < -0.4 is 0 Å². The van der Waals surface area contributed by atoms with E-state index in [0.717, 1.165) is 5.01 Å². The number of rotatable bonds is 2. The van der Waals surface area contributed by atoms with E-state index in [-0.39, 0.29) is 0 Å². The molecule has 0 aliphatic rings. The van der Waals surface area contributed by atoms with E-state index in [1.807, 2.05) is 6.07 Å². The normalized spacial score (nSPS) is 10.2.